The van der Waals surface area contributed by atoms with Crippen molar-refractivity contribution in [1.82, 2.24) is 4.90 Å². The van der Waals surface area contributed by atoms with Gasteiger partial charge in [0.05, 0.1) is 25.7 Å². The fourth-order valence-corrected chi connectivity index (χ4v) is 5.89. The van der Waals surface area contributed by atoms with Crippen LogP contribution in [0, 0.1) is 0 Å². The number of nitrogens with zero attached hydrogens (tertiary/aromatic N) is 2. The summed E-state index contributed by atoms with van der Waals surface area (Å²) >= 11 is 0. The first-order valence-corrected chi connectivity index (χ1v) is 12.5. The number of amidine groups is 1. The van der Waals surface area contributed by atoms with Gasteiger partial charge in [-0.15, -0.1) is 0 Å². The smallest absolute Gasteiger partial charge is 0.161 e. The molecular weight excluding hydrogens is 436 g/mol. The lowest BCUT2D eigenvalue weighted by Crippen LogP contribution is -2.36. The van der Waals surface area contributed by atoms with E-state index in [-0.39, 0.29) is 24.1 Å². The van der Waals surface area contributed by atoms with Crippen LogP contribution >= 0.6 is 0 Å². The Balaban J connectivity index is 1.63. The number of unbranched alkanes of at least 4 members (excludes halogenated alkanes) is 1. The number of ether oxygens (including phenoxy) is 2. The van der Waals surface area contributed by atoms with Gasteiger partial charge in [0.15, 0.2) is 11.5 Å². The fourth-order valence-electron chi connectivity index (χ4n) is 5.89. The molecule has 0 aliphatic carbocycles. The van der Waals surface area contributed by atoms with Crippen LogP contribution < -0.4 is 9.47 Å². The molecule has 2 heterocycles. The highest BCUT2D eigenvalue weighted by molar-refractivity contribution is 5.97. The predicted octanol–water partition coefficient (Wildman–Crippen LogP) is 5.70. The predicted molar refractivity (Wildman–Crippen MR) is 139 cm³/mol. The van der Waals surface area contributed by atoms with E-state index in [1.165, 1.54) is 16.7 Å². The number of aliphatic hydroxyl groups is 1. The maximum Gasteiger partial charge on any atom is 0.161 e. The molecule has 35 heavy (non-hydrogen) atoms. The van der Waals surface area contributed by atoms with Gasteiger partial charge in [0, 0.05) is 13.2 Å². The van der Waals surface area contributed by atoms with Crippen molar-refractivity contribution in [3.63, 3.8) is 0 Å². The van der Waals surface area contributed by atoms with E-state index >= 15 is 0 Å². The average Bonchev–Trinajstić information content (AvgIpc) is 3.48. The molecule has 182 valence electrons. The van der Waals surface area contributed by atoms with Crippen LogP contribution in [0.2, 0.25) is 0 Å². The SMILES string of the molecule is COc1ccc(C2(CCCCO)CCN3C2=N[C@H](c2ccccc2)[C@H]3c2ccccc2)cc1OC. The molecule has 5 rings (SSSR count). The normalized spacial score (nSPS) is 23.2. The first kappa shape index (κ1) is 23.4. The van der Waals surface area contributed by atoms with E-state index in [2.05, 4.69) is 77.7 Å². The van der Waals surface area contributed by atoms with Crippen LogP contribution in [-0.4, -0.2) is 43.2 Å². The number of fused-ring (bicyclic) bond motifs is 1. The summed E-state index contributed by atoms with van der Waals surface area (Å²) in [6.07, 6.45) is 3.63. The van der Waals surface area contributed by atoms with Gasteiger partial charge >= 0.3 is 0 Å². The Morgan fingerprint density at radius 1 is 0.886 bits per heavy atom. The number of hydrogen-bond donors (Lipinski definition) is 1. The van der Waals surface area contributed by atoms with Crippen LogP contribution in [0.15, 0.2) is 83.9 Å². The van der Waals surface area contributed by atoms with Crippen LogP contribution in [0.3, 0.4) is 0 Å². The minimum atomic E-state index is -0.231. The van der Waals surface area contributed by atoms with Gasteiger partial charge in [0.25, 0.3) is 0 Å². The molecule has 0 spiro atoms. The Kier molecular flexibility index (Phi) is 6.78. The van der Waals surface area contributed by atoms with Gasteiger partial charge in [-0.05, 0) is 54.5 Å². The number of rotatable bonds is 9. The topological polar surface area (TPSA) is 54.3 Å². The van der Waals surface area contributed by atoms with Crippen molar-refractivity contribution in [3.8, 4) is 11.5 Å². The molecule has 2 aliphatic heterocycles. The average molecular weight is 471 g/mol. The van der Waals surface area contributed by atoms with Crippen molar-refractivity contribution in [2.75, 3.05) is 27.4 Å². The van der Waals surface area contributed by atoms with Crippen molar-refractivity contribution in [1.29, 1.82) is 0 Å². The van der Waals surface area contributed by atoms with E-state index < -0.39 is 0 Å². The van der Waals surface area contributed by atoms with E-state index in [0.29, 0.717) is 0 Å². The standard InChI is InChI=1S/C30H34N2O3/c1-34-25-16-15-24(21-26(25)35-2)30(17-9-10-20-33)18-19-32-28(23-13-7-4-8-14-23)27(31-29(30)32)22-11-5-3-6-12-22/h3-8,11-16,21,27-28,33H,9-10,17-20H2,1-2H3/t27-,28-,30?/m1/s1. The Labute approximate surface area is 208 Å². The quantitative estimate of drug-likeness (QED) is 0.407. The molecule has 0 aromatic heterocycles. The summed E-state index contributed by atoms with van der Waals surface area (Å²) in [5.74, 6) is 2.63. The van der Waals surface area contributed by atoms with Gasteiger partial charge in [0.2, 0.25) is 0 Å². The lowest BCUT2D eigenvalue weighted by atomic mass is 9.74. The second-order valence-corrected chi connectivity index (χ2v) is 9.44. The van der Waals surface area contributed by atoms with Crippen LogP contribution in [0.5, 0.6) is 11.5 Å². The van der Waals surface area contributed by atoms with Gasteiger partial charge in [-0.25, -0.2) is 0 Å². The molecule has 3 atom stereocenters. The third kappa shape index (κ3) is 4.19. The molecule has 1 unspecified atom stereocenters. The van der Waals surface area contributed by atoms with Gasteiger partial charge in [-0.1, -0.05) is 66.7 Å². The zero-order valence-corrected chi connectivity index (χ0v) is 20.6. The number of aliphatic hydroxyl groups excluding tert-OH is 1. The maximum absolute atomic E-state index is 9.54. The van der Waals surface area contributed by atoms with E-state index in [1.54, 1.807) is 14.2 Å². The molecule has 1 N–H and O–H groups in total. The molecule has 5 heteroatoms. The van der Waals surface area contributed by atoms with E-state index in [9.17, 15) is 5.11 Å². The van der Waals surface area contributed by atoms with Gasteiger partial charge in [-0.3, -0.25) is 4.99 Å². The summed E-state index contributed by atoms with van der Waals surface area (Å²) in [4.78, 5) is 8.02. The highest BCUT2D eigenvalue weighted by Crippen LogP contribution is 2.53. The fraction of sp³-hybridized carbons (Fsp3) is 0.367. The molecule has 3 aromatic carbocycles. The zero-order valence-electron chi connectivity index (χ0n) is 20.6. The minimum Gasteiger partial charge on any atom is -0.493 e. The van der Waals surface area contributed by atoms with E-state index in [0.717, 1.165) is 49.6 Å². The highest BCUT2D eigenvalue weighted by Gasteiger charge is 2.52. The van der Waals surface area contributed by atoms with Gasteiger partial charge < -0.3 is 19.5 Å². The van der Waals surface area contributed by atoms with Crippen molar-refractivity contribution < 1.29 is 14.6 Å². The van der Waals surface area contributed by atoms with Crippen molar-refractivity contribution in [2.24, 2.45) is 4.99 Å². The second kappa shape index (κ2) is 10.1. The zero-order chi connectivity index (χ0) is 24.3. The molecule has 5 nitrogen and oxygen atoms in total. The molecule has 0 saturated carbocycles. The first-order valence-electron chi connectivity index (χ1n) is 12.5. The van der Waals surface area contributed by atoms with Crippen LogP contribution in [0.1, 0.15) is 54.5 Å². The summed E-state index contributed by atoms with van der Waals surface area (Å²) in [5, 5.41) is 9.54. The lowest BCUT2D eigenvalue weighted by Gasteiger charge is -2.32. The Morgan fingerprint density at radius 2 is 1.57 bits per heavy atom. The summed E-state index contributed by atoms with van der Waals surface area (Å²) in [7, 11) is 3.35. The molecule has 0 radical (unpaired) electrons. The number of hydrogen-bond acceptors (Lipinski definition) is 5. The van der Waals surface area contributed by atoms with Gasteiger partial charge in [-0.2, -0.15) is 0 Å². The molecule has 3 aromatic rings. The van der Waals surface area contributed by atoms with E-state index in [1.807, 2.05) is 6.07 Å². The van der Waals surface area contributed by atoms with E-state index in [4.69, 9.17) is 14.5 Å². The van der Waals surface area contributed by atoms with Crippen LogP contribution in [0.25, 0.3) is 0 Å². The second-order valence-electron chi connectivity index (χ2n) is 9.44. The molecule has 0 amide bonds. The summed E-state index contributed by atoms with van der Waals surface area (Å²) < 4.78 is 11.2. The van der Waals surface area contributed by atoms with Crippen LogP contribution in [0.4, 0.5) is 0 Å². The summed E-state index contributed by atoms with van der Waals surface area (Å²) in [5.41, 5.74) is 3.50. The maximum atomic E-state index is 9.54. The van der Waals surface area contributed by atoms with Crippen molar-refractivity contribution in [2.45, 2.75) is 43.2 Å². The molecule has 2 aliphatic rings. The molecular formula is C30H34N2O3. The monoisotopic (exact) mass is 470 g/mol. The number of methoxy groups -OCH3 is 2. The minimum absolute atomic E-state index is 0.0336. The third-order valence-corrected chi connectivity index (χ3v) is 7.61. The molecule has 1 fully saturated rings. The Bertz CT molecular complexity index is 1160. The van der Waals surface area contributed by atoms with Crippen molar-refractivity contribution in [3.05, 3.63) is 95.6 Å². The number of aliphatic imine (C=N–C) groups is 1. The van der Waals surface area contributed by atoms with Gasteiger partial charge in [0.1, 0.15) is 11.9 Å². The van der Waals surface area contributed by atoms with Crippen LogP contribution in [-0.2, 0) is 5.41 Å². The van der Waals surface area contributed by atoms with Crippen molar-refractivity contribution >= 4 is 5.84 Å². The summed E-state index contributed by atoms with van der Waals surface area (Å²) in [6, 6.07) is 27.9. The largest absolute Gasteiger partial charge is 0.493 e. The molecule has 0 bridgehead atoms. The Morgan fingerprint density at radius 3 is 2.23 bits per heavy atom. The highest BCUT2D eigenvalue weighted by atomic mass is 16.5. The summed E-state index contributed by atoms with van der Waals surface area (Å²) in [6.45, 7) is 1.15. The number of benzene rings is 3. The first-order chi connectivity index (χ1) is 17.2. The molecule has 1 saturated heterocycles. The third-order valence-electron chi connectivity index (χ3n) is 7.61. The Hall–Kier alpha value is -3.31. The lowest BCUT2D eigenvalue weighted by molar-refractivity contribution is 0.278.